The third-order valence-electron chi connectivity index (χ3n) is 4.90. The zero-order valence-electron chi connectivity index (χ0n) is 16.4. The summed E-state index contributed by atoms with van der Waals surface area (Å²) < 4.78 is 38.2. The van der Waals surface area contributed by atoms with Gasteiger partial charge in [0.15, 0.2) is 5.84 Å². The number of amidine groups is 1. The molecule has 0 unspecified atom stereocenters. The summed E-state index contributed by atoms with van der Waals surface area (Å²) in [5.41, 5.74) is 2.03. The second-order valence-corrected chi connectivity index (χ2v) is 8.55. The van der Waals surface area contributed by atoms with Crippen molar-refractivity contribution in [3.05, 3.63) is 71.3 Å². The molecule has 2 heterocycles. The van der Waals surface area contributed by atoms with E-state index in [1.54, 1.807) is 44.6 Å². The number of nitrogens with zero attached hydrogens (tertiary/aromatic N) is 3. The number of hydrogen-bond donors (Lipinski definition) is 0. The van der Waals surface area contributed by atoms with E-state index in [0.29, 0.717) is 29.5 Å². The van der Waals surface area contributed by atoms with E-state index in [1.807, 2.05) is 35.4 Å². The standard InChI is InChI=1S/C21H21N3O4S/c1-23-19-11-10-17(28-3)13-18(19)22-21-20(29(23,25)26)5-4-12-24(21)14-15-6-8-16(27-2)9-7-15/h4-13H,14H2,1-3H3. The molecule has 0 N–H and O–H groups in total. The summed E-state index contributed by atoms with van der Waals surface area (Å²) in [4.78, 5) is 6.71. The van der Waals surface area contributed by atoms with Crippen LogP contribution < -0.4 is 13.8 Å². The van der Waals surface area contributed by atoms with Gasteiger partial charge in [-0.05, 0) is 42.0 Å². The van der Waals surface area contributed by atoms with Crippen molar-refractivity contribution >= 4 is 27.2 Å². The molecule has 2 aromatic rings. The van der Waals surface area contributed by atoms with Crippen LogP contribution >= 0.6 is 0 Å². The lowest BCUT2D eigenvalue weighted by Crippen LogP contribution is -2.36. The van der Waals surface area contributed by atoms with Crippen LogP contribution in [0.25, 0.3) is 0 Å². The zero-order valence-corrected chi connectivity index (χ0v) is 17.2. The van der Waals surface area contributed by atoms with Gasteiger partial charge < -0.3 is 14.4 Å². The van der Waals surface area contributed by atoms with Crippen LogP contribution in [0.15, 0.2) is 70.7 Å². The molecular weight excluding hydrogens is 390 g/mol. The molecule has 4 rings (SSSR count). The lowest BCUT2D eigenvalue weighted by molar-refractivity contribution is 0.414. The quantitative estimate of drug-likeness (QED) is 0.771. The molecule has 7 nitrogen and oxygen atoms in total. The summed E-state index contributed by atoms with van der Waals surface area (Å²) in [6.45, 7) is 0.467. The number of sulfonamides is 1. The third kappa shape index (κ3) is 3.36. The maximum absolute atomic E-state index is 13.2. The second kappa shape index (κ2) is 7.29. The second-order valence-electron chi connectivity index (χ2n) is 6.61. The Bertz CT molecular complexity index is 1140. The molecule has 0 aliphatic carbocycles. The van der Waals surface area contributed by atoms with E-state index in [4.69, 9.17) is 14.5 Å². The van der Waals surface area contributed by atoms with Gasteiger partial charge in [0.25, 0.3) is 10.0 Å². The smallest absolute Gasteiger partial charge is 0.267 e. The van der Waals surface area contributed by atoms with Crippen LogP contribution in [0.5, 0.6) is 11.5 Å². The van der Waals surface area contributed by atoms with Gasteiger partial charge in [-0.1, -0.05) is 12.1 Å². The Morgan fingerprint density at radius 2 is 1.69 bits per heavy atom. The Labute approximate surface area is 170 Å². The topological polar surface area (TPSA) is 71.4 Å². The number of aliphatic imine (C=N–C) groups is 1. The molecule has 0 saturated heterocycles. The molecule has 0 saturated carbocycles. The molecule has 0 amide bonds. The summed E-state index contributed by atoms with van der Waals surface area (Å²) in [5, 5.41) is 0. The van der Waals surface area contributed by atoms with Crippen LogP contribution in [0.4, 0.5) is 11.4 Å². The molecule has 0 fully saturated rings. The summed E-state index contributed by atoms with van der Waals surface area (Å²) in [6.07, 6.45) is 5.13. The first kappa shape index (κ1) is 19.1. The van der Waals surface area contributed by atoms with Crippen molar-refractivity contribution in [2.45, 2.75) is 6.54 Å². The lowest BCUT2D eigenvalue weighted by atomic mass is 10.2. The van der Waals surface area contributed by atoms with E-state index < -0.39 is 10.0 Å². The van der Waals surface area contributed by atoms with Crippen molar-refractivity contribution in [1.82, 2.24) is 4.90 Å². The van der Waals surface area contributed by atoms with Crippen molar-refractivity contribution in [2.24, 2.45) is 4.99 Å². The molecule has 0 aromatic heterocycles. The predicted molar refractivity (Wildman–Crippen MR) is 113 cm³/mol. The van der Waals surface area contributed by atoms with E-state index in [1.165, 1.54) is 11.4 Å². The Balaban J connectivity index is 1.80. The highest BCUT2D eigenvalue weighted by atomic mass is 32.2. The molecule has 0 atom stereocenters. The average molecular weight is 411 g/mol. The molecule has 0 bridgehead atoms. The molecule has 2 aliphatic rings. The average Bonchev–Trinajstić information content (AvgIpc) is 2.82. The molecule has 150 valence electrons. The number of methoxy groups -OCH3 is 2. The molecule has 0 radical (unpaired) electrons. The Morgan fingerprint density at radius 3 is 2.38 bits per heavy atom. The first-order valence-corrected chi connectivity index (χ1v) is 10.4. The summed E-state index contributed by atoms with van der Waals surface area (Å²) in [6, 6.07) is 12.8. The number of hydrogen-bond acceptors (Lipinski definition) is 6. The fourth-order valence-corrected chi connectivity index (χ4v) is 4.63. The van der Waals surface area contributed by atoms with Crippen molar-refractivity contribution in [3.63, 3.8) is 0 Å². The summed E-state index contributed by atoms with van der Waals surface area (Å²) >= 11 is 0. The van der Waals surface area contributed by atoms with E-state index in [2.05, 4.69) is 0 Å². The van der Waals surface area contributed by atoms with Crippen LogP contribution in [-0.2, 0) is 16.6 Å². The van der Waals surface area contributed by atoms with Gasteiger partial charge in [0, 0.05) is 25.9 Å². The van der Waals surface area contributed by atoms with Crippen molar-refractivity contribution < 1.29 is 17.9 Å². The van der Waals surface area contributed by atoms with Crippen LogP contribution in [0.3, 0.4) is 0 Å². The Morgan fingerprint density at radius 1 is 1.00 bits per heavy atom. The van der Waals surface area contributed by atoms with E-state index in [9.17, 15) is 8.42 Å². The number of rotatable bonds is 4. The normalized spacial score (nSPS) is 16.9. The third-order valence-corrected chi connectivity index (χ3v) is 6.70. The molecule has 2 aliphatic heterocycles. The number of anilines is 1. The molecule has 29 heavy (non-hydrogen) atoms. The monoisotopic (exact) mass is 411 g/mol. The van der Waals surface area contributed by atoms with E-state index in [-0.39, 0.29) is 4.91 Å². The number of ether oxygens (including phenoxy) is 2. The van der Waals surface area contributed by atoms with Gasteiger partial charge in [-0.3, -0.25) is 4.31 Å². The van der Waals surface area contributed by atoms with E-state index in [0.717, 1.165) is 11.3 Å². The predicted octanol–water partition coefficient (Wildman–Crippen LogP) is 3.43. The zero-order chi connectivity index (χ0) is 20.6. The SMILES string of the molecule is COc1ccc(CN2C=CC=C3C2=Nc2cc(OC)ccc2N(C)S3(=O)=O)cc1. The van der Waals surface area contributed by atoms with Gasteiger partial charge in [0.05, 0.1) is 25.6 Å². The lowest BCUT2D eigenvalue weighted by Gasteiger charge is -2.27. The van der Waals surface area contributed by atoms with Gasteiger partial charge >= 0.3 is 0 Å². The van der Waals surface area contributed by atoms with Crippen molar-refractivity contribution in [1.29, 1.82) is 0 Å². The van der Waals surface area contributed by atoms with Gasteiger partial charge in [0.2, 0.25) is 0 Å². The van der Waals surface area contributed by atoms with Gasteiger partial charge in [0.1, 0.15) is 16.4 Å². The van der Waals surface area contributed by atoms with Crippen molar-refractivity contribution in [2.75, 3.05) is 25.6 Å². The maximum Gasteiger partial charge on any atom is 0.267 e. The molecule has 0 spiro atoms. The summed E-state index contributed by atoms with van der Waals surface area (Å²) in [7, 11) is 0.960. The first-order chi connectivity index (χ1) is 13.9. The fourth-order valence-electron chi connectivity index (χ4n) is 3.27. The number of allylic oxidation sites excluding steroid dienone is 2. The molecule has 8 heteroatoms. The first-order valence-electron chi connectivity index (χ1n) is 8.98. The van der Waals surface area contributed by atoms with Crippen molar-refractivity contribution in [3.8, 4) is 11.5 Å². The fraction of sp³-hybridized carbons (Fsp3) is 0.190. The highest BCUT2D eigenvalue weighted by molar-refractivity contribution is 7.97. The minimum absolute atomic E-state index is 0.158. The van der Waals surface area contributed by atoms with Crippen LogP contribution in [0, 0.1) is 0 Å². The molecule has 2 aromatic carbocycles. The minimum Gasteiger partial charge on any atom is -0.497 e. The highest BCUT2D eigenvalue weighted by Gasteiger charge is 2.35. The largest absolute Gasteiger partial charge is 0.497 e. The highest BCUT2D eigenvalue weighted by Crippen LogP contribution is 2.39. The van der Waals surface area contributed by atoms with Crippen LogP contribution in [0.1, 0.15) is 5.56 Å². The molecular formula is C21H21N3O4S. The maximum atomic E-state index is 13.2. The number of benzene rings is 2. The Hall–Kier alpha value is -3.26. The van der Waals surface area contributed by atoms with Gasteiger partial charge in [-0.15, -0.1) is 0 Å². The summed E-state index contributed by atoms with van der Waals surface area (Å²) in [5.74, 6) is 1.75. The van der Waals surface area contributed by atoms with Gasteiger partial charge in [-0.2, -0.15) is 0 Å². The number of fused-ring (bicyclic) bond motifs is 2. The van der Waals surface area contributed by atoms with Gasteiger partial charge in [-0.25, -0.2) is 13.4 Å². The van der Waals surface area contributed by atoms with Crippen LogP contribution in [-0.4, -0.2) is 40.4 Å². The van der Waals surface area contributed by atoms with E-state index >= 15 is 0 Å². The minimum atomic E-state index is -3.76. The van der Waals surface area contributed by atoms with Crippen LogP contribution in [0.2, 0.25) is 0 Å². The Kier molecular flexibility index (Phi) is 4.79.